The number of quaternary nitrogens is 2. The molecule has 2 heteroatoms. The van der Waals surface area contributed by atoms with Crippen molar-refractivity contribution in [1.29, 1.82) is 0 Å². The summed E-state index contributed by atoms with van der Waals surface area (Å²) in [5, 5.41) is 0. The second kappa shape index (κ2) is 4.89. The first kappa shape index (κ1) is 13.4. The Morgan fingerprint density at radius 1 is 1.06 bits per heavy atom. The second-order valence-corrected chi connectivity index (χ2v) is 7.97. The molecule has 2 rings (SSSR count). The van der Waals surface area contributed by atoms with Crippen molar-refractivity contribution in [2.45, 2.75) is 32.1 Å². The molecule has 0 radical (unpaired) electrons. The van der Waals surface area contributed by atoms with Gasteiger partial charge in [0.15, 0.2) is 0 Å². The van der Waals surface area contributed by atoms with E-state index in [9.17, 15) is 0 Å². The maximum absolute atomic E-state index is 2.51. The van der Waals surface area contributed by atoms with Gasteiger partial charge in [0.1, 0.15) is 0 Å². The third kappa shape index (κ3) is 3.96. The molecule has 2 aliphatic rings. The van der Waals surface area contributed by atoms with Crippen LogP contribution in [0, 0.1) is 11.8 Å². The van der Waals surface area contributed by atoms with E-state index in [1.165, 1.54) is 56.3 Å². The minimum absolute atomic E-state index is 1.05. The minimum Gasteiger partial charge on any atom is -0.331 e. The highest BCUT2D eigenvalue weighted by atomic mass is 15.3. The number of likely N-dealkylation sites (tertiary alicyclic amines) is 1. The fourth-order valence-electron chi connectivity index (χ4n) is 4.16. The van der Waals surface area contributed by atoms with Gasteiger partial charge < -0.3 is 8.97 Å². The lowest BCUT2D eigenvalue weighted by Gasteiger charge is -2.47. The third-order valence-electron chi connectivity index (χ3n) is 4.82. The summed E-state index contributed by atoms with van der Waals surface area (Å²) in [6.45, 7) is 5.66. The standard InChI is InChI=1S/C15H32N2/c1-16(2,3)9-6-10-17(4)12-14-7-5-8-15(11-14)13-17/h14-15H,5-13H2,1-4H3/q+2. The van der Waals surface area contributed by atoms with Gasteiger partial charge in [-0.2, -0.15) is 0 Å². The summed E-state index contributed by atoms with van der Waals surface area (Å²) in [6.07, 6.45) is 7.47. The first-order valence-electron chi connectivity index (χ1n) is 7.50. The topological polar surface area (TPSA) is 0 Å². The molecule has 1 heterocycles. The molecule has 1 saturated carbocycles. The average Bonchev–Trinajstić information content (AvgIpc) is 2.13. The Morgan fingerprint density at radius 3 is 2.18 bits per heavy atom. The first-order valence-corrected chi connectivity index (χ1v) is 7.50. The number of fused-ring (bicyclic) bond motifs is 2. The molecule has 17 heavy (non-hydrogen) atoms. The van der Waals surface area contributed by atoms with Gasteiger partial charge in [-0.3, -0.25) is 0 Å². The highest BCUT2D eigenvalue weighted by molar-refractivity contribution is 4.77. The quantitative estimate of drug-likeness (QED) is 0.662. The van der Waals surface area contributed by atoms with Crippen molar-refractivity contribution in [1.82, 2.24) is 0 Å². The minimum atomic E-state index is 1.05. The van der Waals surface area contributed by atoms with Crippen molar-refractivity contribution in [2.24, 2.45) is 11.8 Å². The van der Waals surface area contributed by atoms with Gasteiger partial charge in [-0.15, -0.1) is 0 Å². The summed E-state index contributed by atoms with van der Waals surface area (Å²) in [7, 11) is 9.45. The van der Waals surface area contributed by atoms with Crippen molar-refractivity contribution in [2.75, 3.05) is 54.4 Å². The SMILES string of the molecule is C[N+](C)(C)CCC[N+]1(C)CC2CCCC(C2)C1. The molecular formula is C15H32N2+2. The number of piperidine rings is 1. The van der Waals surface area contributed by atoms with Crippen LogP contribution in [0.5, 0.6) is 0 Å². The fraction of sp³-hybridized carbons (Fsp3) is 1.00. The molecule has 0 aromatic rings. The Morgan fingerprint density at radius 2 is 1.65 bits per heavy atom. The number of nitrogens with zero attached hydrogens (tertiary/aromatic N) is 2. The van der Waals surface area contributed by atoms with Gasteiger partial charge in [-0.05, 0) is 19.3 Å². The third-order valence-corrected chi connectivity index (χ3v) is 4.82. The van der Waals surface area contributed by atoms with Crippen LogP contribution in [0.15, 0.2) is 0 Å². The monoisotopic (exact) mass is 240 g/mol. The van der Waals surface area contributed by atoms with Crippen LogP contribution in [0.4, 0.5) is 0 Å². The highest BCUT2D eigenvalue weighted by Crippen LogP contribution is 2.37. The molecule has 2 fully saturated rings. The van der Waals surface area contributed by atoms with Crippen LogP contribution in [0.2, 0.25) is 0 Å². The molecule has 1 aliphatic heterocycles. The number of hydrogen-bond acceptors (Lipinski definition) is 0. The van der Waals surface area contributed by atoms with E-state index in [0.717, 1.165) is 16.3 Å². The molecule has 1 saturated heterocycles. The highest BCUT2D eigenvalue weighted by Gasteiger charge is 2.38. The van der Waals surface area contributed by atoms with Crippen molar-refractivity contribution in [3.05, 3.63) is 0 Å². The molecule has 2 nitrogen and oxygen atoms in total. The fourth-order valence-corrected chi connectivity index (χ4v) is 4.16. The molecule has 0 aromatic carbocycles. The van der Waals surface area contributed by atoms with Crippen LogP contribution in [0.25, 0.3) is 0 Å². The zero-order valence-electron chi connectivity index (χ0n) is 12.4. The van der Waals surface area contributed by atoms with E-state index in [0.29, 0.717) is 0 Å². The average molecular weight is 240 g/mol. The van der Waals surface area contributed by atoms with Gasteiger partial charge in [0.05, 0.1) is 54.4 Å². The zero-order valence-corrected chi connectivity index (χ0v) is 12.4. The van der Waals surface area contributed by atoms with Gasteiger partial charge in [0.2, 0.25) is 0 Å². The Hall–Kier alpha value is -0.0800. The summed E-state index contributed by atoms with van der Waals surface area (Å²) in [4.78, 5) is 0. The normalized spacial score (nSPS) is 38.1. The lowest BCUT2D eigenvalue weighted by molar-refractivity contribution is -0.928. The molecule has 2 atom stereocenters. The Kier molecular flexibility index (Phi) is 3.84. The molecule has 100 valence electrons. The van der Waals surface area contributed by atoms with Gasteiger partial charge in [0.25, 0.3) is 0 Å². The molecule has 1 aliphatic carbocycles. The van der Waals surface area contributed by atoms with Crippen LogP contribution in [-0.2, 0) is 0 Å². The van der Waals surface area contributed by atoms with E-state index in [4.69, 9.17) is 0 Å². The molecule has 0 amide bonds. The van der Waals surface area contributed by atoms with E-state index < -0.39 is 0 Å². The van der Waals surface area contributed by atoms with E-state index >= 15 is 0 Å². The molecule has 2 bridgehead atoms. The van der Waals surface area contributed by atoms with E-state index in [-0.39, 0.29) is 0 Å². The van der Waals surface area contributed by atoms with E-state index in [2.05, 4.69) is 28.2 Å². The van der Waals surface area contributed by atoms with Crippen molar-refractivity contribution in [3.8, 4) is 0 Å². The van der Waals surface area contributed by atoms with E-state index in [1.54, 1.807) is 6.42 Å². The van der Waals surface area contributed by atoms with Crippen LogP contribution in [0.1, 0.15) is 32.1 Å². The predicted molar refractivity (Wildman–Crippen MR) is 73.7 cm³/mol. The van der Waals surface area contributed by atoms with Crippen molar-refractivity contribution >= 4 is 0 Å². The predicted octanol–water partition coefficient (Wildman–Crippen LogP) is 2.35. The summed E-state index contributed by atoms with van der Waals surface area (Å²) in [5.74, 6) is 2.10. The smallest absolute Gasteiger partial charge is 0.0839 e. The molecule has 0 aromatic heterocycles. The number of rotatable bonds is 4. The number of hydrogen-bond donors (Lipinski definition) is 0. The molecule has 2 unspecified atom stereocenters. The Balaban J connectivity index is 1.82. The van der Waals surface area contributed by atoms with Crippen LogP contribution < -0.4 is 0 Å². The van der Waals surface area contributed by atoms with Gasteiger partial charge in [-0.25, -0.2) is 0 Å². The molecule has 0 N–H and O–H groups in total. The summed E-state index contributed by atoms with van der Waals surface area (Å²) < 4.78 is 2.49. The first-order chi connectivity index (χ1) is 7.86. The van der Waals surface area contributed by atoms with Crippen molar-refractivity contribution < 1.29 is 8.97 Å². The summed E-state index contributed by atoms with van der Waals surface area (Å²) in [6, 6.07) is 0. The maximum atomic E-state index is 2.51. The lowest BCUT2D eigenvalue weighted by atomic mass is 9.77. The van der Waals surface area contributed by atoms with E-state index in [1.807, 2.05) is 0 Å². The van der Waals surface area contributed by atoms with Gasteiger partial charge in [0, 0.05) is 18.3 Å². The largest absolute Gasteiger partial charge is 0.331 e. The zero-order chi connectivity index (χ0) is 12.5. The Labute approximate surface area is 108 Å². The van der Waals surface area contributed by atoms with Crippen LogP contribution >= 0.6 is 0 Å². The second-order valence-electron chi connectivity index (χ2n) is 7.97. The van der Waals surface area contributed by atoms with Crippen LogP contribution in [0.3, 0.4) is 0 Å². The maximum Gasteiger partial charge on any atom is 0.0839 e. The summed E-state index contributed by atoms with van der Waals surface area (Å²) >= 11 is 0. The summed E-state index contributed by atoms with van der Waals surface area (Å²) in [5.41, 5.74) is 0. The van der Waals surface area contributed by atoms with Crippen molar-refractivity contribution in [3.63, 3.8) is 0 Å². The molecular weight excluding hydrogens is 208 g/mol. The molecule has 0 spiro atoms. The lowest BCUT2D eigenvalue weighted by Crippen LogP contribution is -2.56. The van der Waals surface area contributed by atoms with Gasteiger partial charge >= 0.3 is 0 Å². The van der Waals surface area contributed by atoms with Crippen LogP contribution in [-0.4, -0.2) is 63.3 Å². The van der Waals surface area contributed by atoms with Gasteiger partial charge in [-0.1, -0.05) is 6.42 Å². The Bertz CT molecular complexity index is 242.